The van der Waals surface area contributed by atoms with Crippen LogP contribution in [0.4, 0.5) is 0 Å². The van der Waals surface area contributed by atoms with Gasteiger partial charge in [0.2, 0.25) is 0 Å². The van der Waals surface area contributed by atoms with Gasteiger partial charge >= 0.3 is 0 Å². The van der Waals surface area contributed by atoms with Gasteiger partial charge in [-0.25, -0.2) is 9.97 Å². The van der Waals surface area contributed by atoms with Crippen molar-refractivity contribution in [3.8, 4) is 56.2 Å². The van der Waals surface area contributed by atoms with Gasteiger partial charge in [0.25, 0.3) is 0 Å². The van der Waals surface area contributed by atoms with Crippen LogP contribution in [0.1, 0.15) is 0 Å². The van der Waals surface area contributed by atoms with Gasteiger partial charge in [0.15, 0.2) is 5.82 Å². The fraction of sp³-hybridized carbons (Fsp3) is 0. The van der Waals surface area contributed by atoms with E-state index in [-0.39, 0.29) is 0 Å². The summed E-state index contributed by atoms with van der Waals surface area (Å²) in [5, 5.41) is 7.34. The largest absolute Gasteiger partial charge is 0.228 e. The zero-order valence-corrected chi connectivity index (χ0v) is 28.4. The standard InChI is InChI=1S/C48H30N2S/c1-2-15-33(16-3-1)44-30-45(50-48(49-44)43-25-11-18-32-14-5-7-20-38(32)43)36-28-34(39-22-10-17-31-13-4-6-19-37(31)39)27-35(29-36)40-23-12-24-42-41-21-8-9-26-46(41)51-47(40)42/h1-30H. The monoisotopic (exact) mass is 666 g/mol. The summed E-state index contributed by atoms with van der Waals surface area (Å²) in [5.41, 5.74) is 9.66. The van der Waals surface area contributed by atoms with Gasteiger partial charge in [-0.2, -0.15) is 0 Å². The zero-order chi connectivity index (χ0) is 33.7. The van der Waals surface area contributed by atoms with E-state index in [0.29, 0.717) is 5.82 Å². The van der Waals surface area contributed by atoms with Gasteiger partial charge in [-0.3, -0.25) is 0 Å². The third-order valence-corrected chi connectivity index (χ3v) is 11.1. The average molecular weight is 667 g/mol. The Kier molecular flexibility index (Phi) is 7.04. The Morgan fingerprint density at radius 3 is 1.61 bits per heavy atom. The van der Waals surface area contributed by atoms with E-state index in [1.807, 2.05) is 17.4 Å². The molecule has 0 saturated carbocycles. The summed E-state index contributed by atoms with van der Waals surface area (Å²) in [6.07, 6.45) is 0. The highest BCUT2D eigenvalue weighted by Gasteiger charge is 2.17. The molecule has 0 amide bonds. The van der Waals surface area contributed by atoms with Crippen LogP contribution < -0.4 is 0 Å². The molecule has 2 heterocycles. The highest BCUT2D eigenvalue weighted by Crippen LogP contribution is 2.43. The fourth-order valence-electron chi connectivity index (χ4n) is 7.43. The number of hydrogen-bond donors (Lipinski definition) is 0. The summed E-state index contributed by atoms with van der Waals surface area (Å²) in [6.45, 7) is 0. The van der Waals surface area contributed by atoms with Crippen LogP contribution in [0.15, 0.2) is 182 Å². The SMILES string of the molecule is c1ccc(-c2cc(-c3cc(-c4cccc5ccccc45)cc(-c4cccc5c4sc4ccccc45)c3)nc(-c3cccc4ccccc34)n2)cc1. The third-order valence-electron chi connectivity index (χ3n) is 9.87. The molecule has 0 unspecified atom stereocenters. The molecule has 0 aliphatic carbocycles. The molecule has 0 saturated heterocycles. The lowest BCUT2D eigenvalue weighted by Crippen LogP contribution is -1.97. The van der Waals surface area contributed by atoms with Gasteiger partial charge in [0.05, 0.1) is 11.4 Å². The van der Waals surface area contributed by atoms with Crippen LogP contribution in [-0.2, 0) is 0 Å². The van der Waals surface area contributed by atoms with Crippen molar-refractivity contribution in [3.05, 3.63) is 182 Å². The minimum Gasteiger partial charge on any atom is -0.228 e. The highest BCUT2D eigenvalue weighted by atomic mass is 32.1. The molecule has 0 radical (unpaired) electrons. The molecule has 238 valence electrons. The number of benzene rings is 8. The molecule has 8 aromatic carbocycles. The molecule has 0 N–H and O–H groups in total. The van der Waals surface area contributed by atoms with Gasteiger partial charge < -0.3 is 0 Å². The molecule has 0 aliphatic heterocycles. The second-order valence-corrected chi connectivity index (χ2v) is 14.0. The minimum absolute atomic E-state index is 0.715. The van der Waals surface area contributed by atoms with Crippen LogP contribution in [0, 0.1) is 0 Å². The van der Waals surface area contributed by atoms with E-state index in [9.17, 15) is 0 Å². The predicted molar refractivity (Wildman–Crippen MR) is 217 cm³/mol. The van der Waals surface area contributed by atoms with E-state index in [0.717, 1.165) is 39.0 Å². The average Bonchev–Trinajstić information content (AvgIpc) is 3.59. The molecule has 0 aliphatic rings. The Hall–Kier alpha value is -6.42. The van der Waals surface area contributed by atoms with Crippen LogP contribution in [0.5, 0.6) is 0 Å². The Labute approximate surface area is 300 Å². The smallest absolute Gasteiger partial charge is 0.161 e. The minimum atomic E-state index is 0.715. The Balaban J connectivity index is 1.26. The number of nitrogens with zero attached hydrogens (tertiary/aromatic N) is 2. The molecule has 51 heavy (non-hydrogen) atoms. The van der Waals surface area contributed by atoms with Gasteiger partial charge in [-0.1, -0.05) is 152 Å². The number of fused-ring (bicyclic) bond motifs is 5. The normalized spacial score (nSPS) is 11.5. The van der Waals surface area contributed by atoms with Crippen LogP contribution in [-0.4, -0.2) is 9.97 Å². The summed E-state index contributed by atoms with van der Waals surface area (Å²) in [6, 6.07) is 65.1. The molecule has 0 atom stereocenters. The second kappa shape index (κ2) is 12.2. The van der Waals surface area contributed by atoms with Crippen molar-refractivity contribution in [1.82, 2.24) is 9.97 Å². The van der Waals surface area contributed by atoms with E-state index in [1.165, 1.54) is 53.0 Å². The molecule has 2 aromatic heterocycles. The van der Waals surface area contributed by atoms with Crippen molar-refractivity contribution in [2.24, 2.45) is 0 Å². The van der Waals surface area contributed by atoms with E-state index < -0.39 is 0 Å². The fourth-order valence-corrected chi connectivity index (χ4v) is 8.67. The van der Waals surface area contributed by atoms with Crippen molar-refractivity contribution in [3.63, 3.8) is 0 Å². The lowest BCUT2D eigenvalue weighted by atomic mass is 9.91. The maximum atomic E-state index is 5.37. The highest BCUT2D eigenvalue weighted by molar-refractivity contribution is 7.26. The Bertz CT molecular complexity index is 2910. The molecule has 10 aromatic rings. The first-order chi connectivity index (χ1) is 25.3. The van der Waals surface area contributed by atoms with Crippen LogP contribution in [0.2, 0.25) is 0 Å². The maximum Gasteiger partial charge on any atom is 0.161 e. The molecular weight excluding hydrogens is 637 g/mol. The lowest BCUT2D eigenvalue weighted by molar-refractivity contribution is 1.19. The van der Waals surface area contributed by atoms with Crippen molar-refractivity contribution < 1.29 is 0 Å². The van der Waals surface area contributed by atoms with Crippen molar-refractivity contribution in [1.29, 1.82) is 0 Å². The van der Waals surface area contributed by atoms with Crippen LogP contribution in [0.3, 0.4) is 0 Å². The molecule has 10 rings (SSSR count). The third kappa shape index (κ3) is 5.18. The molecular formula is C48H30N2S. The molecule has 0 bridgehead atoms. The molecule has 0 fully saturated rings. The van der Waals surface area contributed by atoms with Gasteiger partial charge in [0.1, 0.15) is 0 Å². The maximum absolute atomic E-state index is 5.37. The second-order valence-electron chi connectivity index (χ2n) is 13.0. The Morgan fingerprint density at radius 1 is 0.333 bits per heavy atom. The first-order valence-corrected chi connectivity index (χ1v) is 18.1. The van der Waals surface area contributed by atoms with E-state index in [2.05, 4.69) is 176 Å². The Morgan fingerprint density at radius 2 is 0.843 bits per heavy atom. The number of thiophene rings is 1. The first kappa shape index (κ1) is 29.5. The van der Waals surface area contributed by atoms with Crippen molar-refractivity contribution in [2.45, 2.75) is 0 Å². The predicted octanol–water partition coefficient (Wildman–Crippen LogP) is 13.5. The van der Waals surface area contributed by atoms with E-state index in [1.54, 1.807) is 0 Å². The van der Waals surface area contributed by atoms with E-state index >= 15 is 0 Å². The summed E-state index contributed by atoms with van der Waals surface area (Å²) >= 11 is 1.86. The topological polar surface area (TPSA) is 25.8 Å². The van der Waals surface area contributed by atoms with Crippen molar-refractivity contribution in [2.75, 3.05) is 0 Å². The quantitative estimate of drug-likeness (QED) is 0.183. The number of rotatable bonds is 5. The summed E-state index contributed by atoms with van der Waals surface area (Å²) in [7, 11) is 0. The first-order valence-electron chi connectivity index (χ1n) is 17.2. The van der Waals surface area contributed by atoms with Gasteiger partial charge in [0, 0.05) is 36.9 Å². The molecule has 0 spiro atoms. The van der Waals surface area contributed by atoms with Gasteiger partial charge in [-0.15, -0.1) is 11.3 Å². The molecule has 2 nitrogen and oxygen atoms in total. The summed E-state index contributed by atoms with van der Waals surface area (Å²) in [5.74, 6) is 0.715. The van der Waals surface area contributed by atoms with Crippen LogP contribution in [0.25, 0.3) is 97.9 Å². The summed E-state index contributed by atoms with van der Waals surface area (Å²) in [4.78, 5) is 10.6. The van der Waals surface area contributed by atoms with Gasteiger partial charge in [-0.05, 0) is 74.1 Å². The summed E-state index contributed by atoms with van der Waals surface area (Å²) < 4.78 is 2.59. The number of hydrogen-bond acceptors (Lipinski definition) is 3. The lowest BCUT2D eigenvalue weighted by Gasteiger charge is -2.15. The van der Waals surface area contributed by atoms with E-state index in [4.69, 9.17) is 9.97 Å². The number of aromatic nitrogens is 2. The molecule has 3 heteroatoms. The van der Waals surface area contributed by atoms with Crippen molar-refractivity contribution >= 4 is 53.1 Å². The van der Waals surface area contributed by atoms with Crippen LogP contribution >= 0.6 is 11.3 Å². The zero-order valence-electron chi connectivity index (χ0n) is 27.6.